The van der Waals surface area contributed by atoms with Crippen LogP contribution >= 0.6 is 22.6 Å². The Morgan fingerprint density at radius 2 is 1.68 bits per heavy atom. The van der Waals surface area contributed by atoms with Gasteiger partial charge < -0.3 is 4.90 Å². The lowest BCUT2D eigenvalue weighted by Crippen LogP contribution is -2.42. The highest BCUT2D eigenvalue weighted by atomic mass is 127. The van der Waals surface area contributed by atoms with Gasteiger partial charge in [0.1, 0.15) is 0 Å². The standard InChI is InChI=1S/C16H20INO/c17-14-6-2-1-5-13(14)15(19)18-11-9-16(10-12-18)7-3-4-8-16/h1-2,5-6H,3-4,7-12H2. The summed E-state index contributed by atoms with van der Waals surface area (Å²) in [5.74, 6) is 0.220. The fourth-order valence-electron chi connectivity index (χ4n) is 3.61. The third-order valence-corrected chi connectivity index (χ3v) is 5.82. The summed E-state index contributed by atoms with van der Waals surface area (Å²) < 4.78 is 1.06. The van der Waals surface area contributed by atoms with E-state index in [0.717, 1.165) is 22.2 Å². The number of benzene rings is 1. The Bertz CT molecular complexity index is 469. The van der Waals surface area contributed by atoms with Crippen molar-refractivity contribution in [1.29, 1.82) is 0 Å². The van der Waals surface area contributed by atoms with Gasteiger partial charge in [0.25, 0.3) is 5.91 Å². The van der Waals surface area contributed by atoms with Crippen LogP contribution in [-0.4, -0.2) is 23.9 Å². The second-order valence-electron chi connectivity index (χ2n) is 5.98. The van der Waals surface area contributed by atoms with Crippen LogP contribution in [0.4, 0.5) is 0 Å². The predicted molar refractivity (Wildman–Crippen MR) is 85.2 cm³/mol. The number of piperidine rings is 1. The first-order valence-electron chi connectivity index (χ1n) is 7.24. The lowest BCUT2D eigenvalue weighted by atomic mass is 9.77. The van der Waals surface area contributed by atoms with Crippen LogP contribution in [0.1, 0.15) is 48.9 Å². The molecule has 0 aromatic heterocycles. The molecule has 1 spiro atoms. The number of carbonyl (C=O) groups excluding carboxylic acids is 1. The highest BCUT2D eigenvalue weighted by molar-refractivity contribution is 14.1. The smallest absolute Gasteiger partial charge is 0.254 e. The molecular formula is C16H20INO. The van der Waals surface area contributed by atoms with Gasteiger partial charge in [-0.2, -0.15) is 0 Å². The normalized spacial score (nSPS) is 21.8. The van der Waals surface area contributed by atoms with Gasteiger partial charge in [-0.25, -0.2) is 0 Å². The van der Waals surface area contributed by atoms with Gasteiger partial charge in [0.2, 0.25) is 0 Å². The molecule has 3 rings (SSSR count). The SMILES string of the molecule is O=C(c1ccccc1I)N1CCC2(CCCC2)CC1. The van der Waals surface area contributed by atoms with E-state index in [1.54, 1.807) is 0 Å². The molecule has 19 heavy (non-hydrogen) atoms. The van der Waals surface area contributed by atoms with E-state index in [4.69, 9.17) is 0 Å². The van der Waals surface area contributed by atoms with Gasteiger partial charge in [-0.3, -0.25) is 4.79 Å². The molecule has 2 nitrogen and oxygen atoms in total. The van der Waals surface area contributed by atoms with Crippen LogP contribution in [0.2, 0.25) is 0 Å². The Kier molecular flexibility index (Phi) is 3.83. The Morgan fingerprint density at radius 3 is 2.32 bits per heavy atom. The molecule has 1 aliphatic carbocycles. The molecule has 0 radical (unpaired) electrons. The second kappa shape index (κ2) is 5.43. The molecule has 102 valence electrons. The molecule has 1 saturated carbocycles. The van der Waals surface area contributed by atoms with Crippen LogP contribution in [0.25, 0.3) is 0 Å². The van der Waals surface area contributed by atoms with Gasteiger partial charge >= 0.3 is 0 Å². The zero-order chi connectivity index (χ0) is 13.3. The van der Waals surface area contributed by atoms with Crippen molar-refractivity contribution in [1.82, 2.24) is 4.90 Å². The summed E-state index contributed by atoms with van der Waals surface area (Å²) in [5, 5.41) is 0. The summed E-state index contributed by atoms with van der Waals surface area (Å²) in [4.78, 5) is 14.6. The summed E-state index contributed by atoms with van der Waals surface area (Å²) in [6.45, 7) is 1.90. The lowest BCUT2D eigenvalue weighted by molar-refractivity contribution is 0.0586. The number of amides is 1. The van der Waals surface area contributed by atoms with Crippen LogP contribution in [0.3, 0.4) is 0 Å². The van der Waals surface area contributed by atoms with Crippen molar-refractivity contribution in [3.8, 4) is 0 Å². The average molecular weight is 369 g/mol. The van der Waals surface area contributed by atoms with Gasteiger partial charge in [-0.15, -0.1) is 0 Å². The summed E-state index contributed by atoms with van der Waals surface area (Å²) in [5.41, 5.74) is 1.45. The van der Waals surface area contributed by atoms with Gasteiger partial charge in [-0.1, -0.05) is 25.0 Å². The third kappa shape index (κ3) is 2.67. The molecule has 0 bridgehead atoms. The van der Waals surface area contributed by atoms with Crippen molar-refractivity contribution >= 4 is 28.5 Å². The Morgan fingerprint density at radius 1 is 1.05 bits per heavy atom. The van der Waals surface area contributed by atoms with E-state index in [0.29, 0.717) is 5.41 Å². The van der Waals surface area contributed by atoms with Crippen LogP contribution in [0, 0.1) is 8.99 Å². The van der Waals surface area contributed by atoms with Gasteiger partial charge in [-0.05, 0) is 65.8 Å². The highest BCUT2D eigenvalue weighted by Crippen LogP contribution is 2.46. The van der Waals surface area contributed by atoms with Gasteiger partial charge in [0.05, 0.1) is 5.56 Å². The third-order valence-electron chi connectivity index (χ3n) is 4.88. The monoisotopic (exact) mass is 369 g/mol. The number of hydrogen-bond donors (Lipinski definition) is 0. The van der Waals surface area contributed by atoms with E-state index in [2.05, 4.69) is 27.5 Å². The number of nitrogens with zero attached hydrogens (tertiary/aromatic N) is 1. The zero-order valence-corrected chi connectivity index (χ0v) is 13.4. The first-order chi connectivity index (χ1) is 9.20. The summed E-state index contributed by atoms with van der Waals surface area (Å²) in [6.07, 6.45) is 7.98. The van der Waals surface area contributed by atoms with Crippen molar-refractivity contribution in [2.45, 2.75) is 38.5 Å². The number of rotatable bonds is 1. The number of likely N-dealkylation sites (tertiary alicyclic amines) is 1. The van der Waals surface area contributed by atoms with Gasteiger partial charge in [0, 0.05) is 16.7 Å². The maximum absolute atomic E-state index is 12.5. The van der Waals surface area contributed by atoms with E-state index >= 15 is 0 Å². The van der Waals surface area contributed by atoms with E-state index in [-0.39, 0.29) is 5.91 Å². The molecule has 1 aliphatic heterocycles. The molecule has 2 aliphatic rings. The quantitative estimate of drug-likeness (QED) is 0.683. The molecule has 0 unspecified atom stereocenters. The zero-order valence-electron chi connectivity index (χ0n) is 11.2. The van der Waals surface area contributed by atoms with Gasteiger partial charge in [0.15, 0.2) is 0 Å². The molecule has 1 saturated heterocycles. The molecule has 1 amide bonds. The minimum atomic E-state index is 0.220. The molecule has 2 fully saturated rings. The lowest BCUT2D eigenvalue weighted by Gasteiger charge is -2.39. The fraction of sp³-hybridized carbons (Fsp3) is 0.562. The predicted octanol–water partition coefficient (Wildman–Crippen LogP) is 4.09. The second-order valence-corrected chi connectivity index (χ2v) is 7.14. The largest absolute Gasteiger partial charge is 0.339 e. The molecular weight excluding hydrogens is 349 g/mol. The Balaban J connectivity index is 1.68. The summed E-state index contributed by atoms with van der Waals surface area (Å²) in [6, 6.07) is 7.90. The van der Waals surface area contributed by atoms with Crippen molar-refractivity contribution in [3.05, 3.63) is 33.4 Å². The highest BCUT2D eigenvalue weighted by Gasteiger charge is 2.38. The first kappa shape index (κ1) is 13.4. The minimum Gasteiger partial charge on any atom is -0.339 e. The minimum absolute atomic E-state index is 0.220. The van der Waals surface area contributed by atoms with E-state index in [9.17, 15) is 4.79 Å². The molecule has 1 heterocycles. The Labute approximate surface area is 128 Å². The number of carbonyl (C=O) groups is 1. The molecule has 1 aromatic rings. The molecule has 0 atom stereocenters. The maximum Gasteiger partial charge on any atom is 0.254 e. The molecule has 3 heteroatoms. The van der Waals surface area contributed by atoms with E-state index < -0.39 is 0 Å². The van der Waals surface area contributed by atoms with Crippen LogP contribution in [-0.2, 0) is 0 Å². The van der Waals surface area contributed by atoms with E-state index in [1.807, 2.05) is 24.3 Å². The molecule has 1 aromatic carbocycles. The first-order valence-corrected chi connectivity index (χ1v) is 8.32. The average Bonchev–Trinajstić information content (AvgIpc) is 2.88. The number of halogens is 1. The van der Waals surface area contributed by atoms with Crippen molar-refractivity contribution < 1.29 is 4.79 Å². The molecule has 0 N–H and O–H groups in total. The van der Waals surface area contributed by atoms with Crippen LogP contribution in [0.5, 0.6) is 0 Å². The topological polar surface area (TPSA) is 20.3 Å². The van der Waals surface area contributed by atoms with Crippen LogP contribution < -0.4 is 0 Å². The van der Waals surface area contributed by atoms with Crippen LogP contribution in [0.15, 0.2) is 24.3 Å². The Hall–Kier alpha value is -0.580. The van der Waals surface area contributed by atoms with Crippen molar-refractivity contribution in [3.63, 3.8) is 0 Å². The van der Waals surface area contributed by atoms with Crippen molar-refractivity contribution in [2.24, 2.45) is 5.41 Å². The van der Waals surface area contributed by atoms with Crippen molar-refractivity contribution in [2.75, 3.05) is 13.1 Å². The summed E-state index contributed by atoms with van der Waals surface area (Å²) >= 11 is 2.26. The number of hydrogen-bond acceptors (Lipinski definition) is 1. The summed E-state index contributed by atoms with van der Waals surface area (Å²) in [7, 11) is 0. The fourth-order valence-corrected chi connectivity index (χ4v) is 4.23. The maximum atomic E-state index is 12.5. The van der Waals surface area contributed by atoms with E-state index in [1.165, 1.54) is 38.5 Å².